The normalized spacial score (nSPS) is 9.91. The summed E-state index contributed by atoms with van der Waals surface area (Å²) in [6, 6.07) is 10.1. The number of benzene rings is 1. The average molecular weight is 341 g/mol. The first-order valence-electron chi connectivity index (χ1n) is 6.91. The largest absolute Gasteiger partial charge is 0.497 e. The van der Waals surface area contributed by atoms with Gasteiger partial charge < -0.3 is 15.8 Å². The van der Waals surface area contributed by atoms with E-state index in [4.69, 9.17) is 10.5 Å². The van der Waals surface area contributed by atoms with Crippen LogP contribution in [0.5, 0.6) is 5.75 Å². The lowest BCUT2D eigenvalue weighted by Crippen LogP contribution is -2.22. The van der Waals surface area contributed by atoms with Crippen molar-refractivity contribution in [2.24, 2.45) is 5.73 Å². The molecule has 0 atom stereocenters. The Morgan fingerprint density at radius 3 is 2.64 bits per heavy atom. The fourth-order valence-electron chi connectivity index (χ4n) is 1.94. The summed E-state index contributed by atoms with van der Waals surface area (Å²) in [6.07, 6.45) is 1.22. The molecule has 1 amide bonds. The van der Waals surface area contributed by atoms with Gasteiger partial charge in [-0.2, -0.15) is 0 Å². The minimum absolute atomic E-state index is 0. The standard InChI is InChI=1S/C16H20N2O2S.ClH/c1-20-14-6-4-12(5-7-14)13-9-15(21-11-13)10-18-16(19)3-2-8-17;/h4-7,9,11H,2-3,8,10,17H2,1H3,(H,18,19);1H. The lowest BCUT2D eigenvalue weighted by atomic mass is 10.1. The zero-order valence-corrected chi connectivity index (χ0v) is 14.1. The lowest BCUT2D eigenvalue weighted by Gasteiger charge is -2.02. The Labute approximate surface area is 141 Å². The van der Waals surface area contributed by atoms with Gasteiger partial charge in [-0.1, -0.05) is 12.1 Å². The third kappa shape index (κ3) is 5.33. The number of nitrogens with two attached hydrogens (primary N) is 1. The van der Waals surface area contributed by atoms with E-state index < -0.39 is 0 Å². The van der Waals surface area contributed by atoms with E-state index in [0.717, 1.165) is 28.2 Å². The lowest BCUT2D eigenvalue weighted by molar-refractivity contribution is -0.121. The van der Waals surface area contributed by atoms with Gasteiger partial charge in [-0.25, -0.2) is 0 Å². The number of hydrogen-bond acceptors (Lipinski definition) is 4. The Morgan fingerprint density at radius 1 is 1.27 bits per heavy atom. The Kier molecular flexibility index (Phi) is 7.95. The Hall–Kier alpha value is -1.56. The molecule has 22 heavy (non-hydrogen) atoms. The zero-order chi connectivity index (χ0) is 15.1. The second-order valence-electron chi connectivity index (χ2n) is 4.70. The molecule has 0 bridgehead atoms. The quantitative estimate of drug-likeness (QED) is 0.813. The van der Waals surface area contributed by atoms with Crippen LogP contribution in [0.4, 0.5) is 0 Å². The van der Waals surface area contributed by atoms with Crippen LogP contribution in [0.2, 0.25) is 0 Å². The van der Waals surface area contributed by atoms with Crippen molar-refractivity contribution in [1.82, 2.24) is 5.32 Å². The summed E-state index contributed by atoms with van der Waals surface area (Å²) in [4.78, 5) is 12.7. The van der Waals surface area contributed by atoms with Crippen molar-refractivity contribution in [3.63, 3.8) is 0 Å². The molecule has 120 valence electrons. The maximum Gasteiger partial charge on any atom is 0.220 e. The van der Waals surface area contributed by atoms with Crippen LogP contribution in [0.15, 0.2) is 35.7 Å². The maximum absolute atomic E-state index is 11.5. The van der Waals surface area contributed by atoms with Crippen molar-refractivity contribution < 1.29 is 9.53 Å². The van der Waals surface area contributed by atoms with Crippen LogP contribution in [-0.4, -0.2) is 19.6 Å². The molecule has 1 aromatic heterocycles. The second kappa shape index (κ2) is 9.46. The van der Waals surface area contributed by atoms with Gasteiger partial charge in [0, 0.05) is 11.3 Å². The van der Waals surface area contributed by atoms with Crippen molar-refractivity contribution >= 4 is 29.7 Å². The highest BCUT2D eigenvalue weighted by Gasteiger charge is 2.05. The summed E-state index contributed by atoms with van der Waals surface area (Å²) >= 11 is 1.65. The minimum Gasteiger partial charge on any atom is -0.497 e. The molecule has 6 heteroatoms. The number of thiophene rings is 1. The monoisotopic (exact) mass is 340 g/mol. The number of rotatable bonds is 7. The SMILES string of the molecule is COc1ccc(-c2csc(CNC(=O)CCCN)c2)cc1.Cl. The number of carbonyl (C=O) groups excluding carboxylic acids is 1. The van der Waals surface area contributed by atoms with Gasteiger partial charge in [-0.05, 0) is 47.7 Å². The molecule has 2 aromatic rings. The summed E-state index contributed by atoms with van der Waals surface area (Å²) in [5.74, 6) is 0.904. The molecule has 2 rings (SSSR count). The molecular formula is C16H21ClN2O2S. The minimum atomic E-state index is 0. The molecule has 0 spiro atoms. The molecule has 4 nitrogen and oxygen atoms in total. The highest BCUT2D eigenvalue weighted by atomic mass is 35.5. The fourth-order valence-corrected chi connectivity index (χ4v) is 2.78. The smallest absolute Gasteiger partial charge is 0.220 e. The molecule has 0 saturated carbocycles. The molecule has 1 heterocycles. The van der Waals surface area contributed by atoms with Gasteiger partial charge in [0.05, 0.1) is 13.7 Å². The van der Waals surface area contributed by atoms with Gasteiger partial charge in [0.1, 0.15) is 5.75 Å². The van der Waals surface area contributed by atoms with Crippen LogP contribution in [0.1, 0.15) is 17.7 Å². The summed E-state index contributed by atoms with van der Waals surface area (Å²) < 4.78 is 5.15. The van der Waals surface area contributed by atoms with Gasteiger partial charge >= 0.3 is 0 Å². The Balaban J connectivity index is 0.00000242. The average Bonchev–Trinajstić information content (AvgIpc) is 3.00. The number of ether oxygens (including phenoxy) is 1. The first kappa shape index (κ1) is 18.5. The number of hydrogen-bond donors (Lipinski definition) is 2. The molecule has 0 fully saturated rings. The van der Waals surface area contributed by atoms with Crippen molar-refractivity contribution in [2.75, 3.05) is 13.7 Å². The number of amides is 1. The van der Waals surface area contributed by atoms with Crippen molar-refractivity contribution in [3.8, 4) is 16.9 Å². The topological polar surface area (TPSA) is 64.3 Å². The molecule has 0 aliphatic heterocycles. The summed E-state index contributed by atoms with van der Waals surface area (Å²) in [5, 5.41) is 5.01. The molecule has 0 aliphatic rings. The molecule has 3 N–H and O–H groups in total. The maximum atomic E-state index is 11.5. The van der Waals surface area contributed by atoms with E-state index in [2.05, 4.69) is 16.8 Å². The summed E-state index contributed by atoms with van der Waals surface area (Å²) in [5.41, 5.74) is 7.69. The van der Waals surface area contributed by atoms with Gasteiger partial charge in [0.2, 0.25) is 5.91 Å². The van der Waals surface area contributed by atoms with Gasteiger partial charge in [-0.3, -0.25) is 4.79 Å². The van der Waals surface area contributed by atoms with Gasteiger partial charge in [0.15, 0.2) is 0 Å². The molecular weight excluding hydrogens is 320 g/mol. The van der Waals surface area contributed by atoms with Crippen molar-refractivity contribution in [3.05, 3.63) is 40.6 Å². The highest BCUT2D eigenvalue weighted by Crippen LogP contribution is 2.27. The third-order valence-corrected chi connectivity index (χ3v) is 4.08. The van der Waals surface area contributed by atoms with E-state index in [1.54, 1.807) is 18.4 Å². The van der Waals surface area contributed by atoms with Crippen molar-refractivity contribution in [1.29, 1.82) is 0 Å². The van der Waals surface area contributed by atoms with Gasteiger partial charge in [0.25, 0.3) is 0 Å². The van der Waals surface area contributed by atoms with Crippen LogP contribution in [-0.2, 0) is 11.3 Å². The first-order chi connectivity index (χ1) is 10.2. The molecule has 0 unspecified atom stereocenters. The van der Waals surface area contributed by atoms with E-state index in [-0.39, 0.29) is 18.3 Å². The number of methoxy groups -OCH3 is 1. The van der Waals surface area contributed by atoms with E-state index in [1.807, 2.05) is 24.3 Å². The van der Waals surface area contributed by atoms with Crippen LogP contribution in [0.25, 0.3) is 11.1 Å². The van der Waals surface area contributed by atoms with Gasteiger partial charge in [-0.15, -0.1) is 23.7 Å². The molecule has 0 aliphatic carbocycles. The third-order valence-electron chi connectivity index (χ3n) is 3.14. The van der Waals surface area contributed by atoms with E-state index in [0.29, 0.717) is 19.5 Å². The highest BCUT2D eigenvalue weighted by molar-refractivity contribution is 7.10. The molecule has 0 radical (unpaired) electrons. The molecule has 1 aromatic carbocycles. The van der Waals surface area contributed by atoms with Crippen LogP contribution in [0.3, 0.4) is 0 Å². The van der Waals surface area contributed by atoms with E-state index in [1.165, 1.54) is 0 Å². The number of carbonyl (C=O) groups is 1. The second-order valence-corrected chi connectivity index (χ2v) is 5.69. The predicted octanol–water partition coefficient (Wildman–Crippen LogP) is 3.20. The van der Waals surface area contributed by atoms with Crippen LogP contribution < -0.4 is 15.8 Å². The zero-order valence-electron chi connectivity index (χ0n) is 12.5. The summed E-state index contributed by atoms with van der Waals surface area (Å²) in [6.45, 7) is 1.12. The molecule has 0 saturated heterocycles. The van der Waals surface area contributed by atoms with E-state index >= 15 is 0 Å². The Bertz CT molecular complexity index is 584. The number of halogens is 1. The Morgan fingerprint density at radius 2 is 2.00 bits per heavy atom. The van der Waals surface area contributed by atoms with E-state index in [9.17, 15) is 4.79 Å². The van der Waals surface area contributed by atoms with Crippen LogP contribution >= 0.6 is 23.7 Å². The summed E-state index contributed by atoms with van der Waals surface area (Å²) in [7, 11) is 1.66. The van der Waals surface area contributed by atoms with Crippen LogP contribution in [0, 0.1) is 0 Å². The number of nitrogens with one attached hydrogen (secondary N) is 1. The predicted molar refractivity (Wildman–Crippen MR) is 93.7 cm³/mol. The fraction of sp³-hybridized carbons (Fsp3) is 0.312. The first-order valence-corrected chi connectivity index (χ1v) is 7.79. The van der Waals surface area contributed by atoms with Crippen molar-refractivity contribution in [2.45, 2.75) is 19.4 Å².